The van der Waals surface area contributed by atoms with Crippen LogP contribution in [0.4, 0.5) is 0 Å². The fourth-order valence-electron chi connectivity index (χ4n) is 1.56. The number of carbonyl (C=O) groups is 1. The normalized spacial score (nSPS) is 18.7. The highest BCUT2D eigenvalue weighted by atomic mass is 35.5. The molecule has 0 aliphatic carbocycles. The van der Waals surface area contributed by atoms with Crippen molar-refractivity contribution < 1.29 is 10.0 Å². The number of amides is 1. The molecule has 1 atom stereocenters. The Kier molecular flexibility index (Phi) is 9.24. The molecular weight excluding hydrogens is 204 g/mol. The van der Waals surface area contributed by atoms with Gasteiger partial charge in [0.1, 0.15) is 0 Å². The van der Waals surface area contributed by atoms with Crippen LogP contribution in [0, 0.1) is 0 Å². The highest BCUT2D eigenvalue weighted by Gasteiger charge is 2.21. The second-order valence-corrected chi connectivity index (χ2v) is 3.25. The van der Waals surface area contributed by atoms with Crippen molar-refractivity contribution in [3.05, 3.63) is 0 Å². The molecule has 1 amide bonds. The minimum Gasteiger partial charge on any atom is -0.292 e. The average molecular weight is 225 g/mol. The van der Waals surface area contributed by atoms with Crippen molar-refractivity contribution in [2.45, 2.75) is 39.7 Å². The van der Waals surface area contributed by atoms with Crippen LogP contribution in [0.3, 0.4) is 0 Å². The SMILES string of the molecule is C.CC(C(=O)NO)N1CCCCC1.Cl. The van der Waals surface area contributed by atoms with Crippen molar-refractivity contribution in [2.75, 3.05) is 13.1 Å². The summed E-state index contributed by atoms with van der Waals surface area (Å²) in [5, 5.41) is 8.41. The van der Waals surface area contributed by atoms with Gasteiger partial charge in [-0.15, -0.1) is 12.4 Å². The van der Waals surface area contributed by atoms with Crippen LogP contribution in [-0.4, -0.2) is 35.1 Å². The van der Waals surface area contributed by atoms with Gasteiger partial charge in [-0.2, -0.15) is 0 Å². The molecule has 0 aromatic carbocycles. The first-order valence-corrected chi connectivity index (χ1v) is 4.43. The van der Waals surface area contributed by atoms with Crippen LogP contribution in [-0.2, 0) is 4.79 Å². The van der Waals surface area contributed by atoms with Crippen molar-refractivity contribution in [1.82, 2.24) is 10.4 Å². The zero-order valence-electron chi connectivity index (χ0n) is 7.82. The van der Waals surface area contributed by atoms with Gasteiger partial charge in [-0.3, -0.25) is 14.9 Å². The molecule has 0 spiro atoms. The van der Waals surface area contributed by atoms with Crippen molar-refractivity contribution in [3.63, 3.8) is 0 Å². The minimum atomic E-state index is -0.308. The van der Waals surface area contributed by atoms with Crippen LogP contribution in [0.25, 0.3) is 0 Å². The van der Waals surface area contributed by atoms with Crippen molar-refractivity contribution in [1.29, 1.82) is 0 Å². The summed E-state index contributed by atoms with van der Waals surface area (Å²) in [6, 6.07) is -0.199. The first kappa shape index (κ1) is 16.1. The summed E-state index contributed by atoms with van der Waals surface area (Å²) < 4.78 is 0. The predicted molar refractivity (Wildman–Crippen MR) is 58.8 cm³/mol. The second kappa shape index (κ2) is 8.03. The van der Waals surface area contributed by atoms with E-state index in [1.54, 1.807) is 5.48 Å². The van der Waals surface area contributed by atoms with E-state index in [2.05, 4.69) is 4.90 Å². The Morgan fingerprint density at radius 3 is 2.29 bits per heavy atom. The van der Waals surface area contributed by atoms with E-state index in [0.29, 0.717) is 0 Å². The lowest BCUT2D eigenvalue weighted by Gasteiger charge is -2.30. The molecule has 1 aliphatic rings. The van der Waals surface area contributed by atoms with Crippen molar-refractivity contribution in [3.8, 4) is 0 Å². The Morgan fingerprint density at radius 2 is 1.86 bits per heavy atom. The molecular formula is C9H21ClN2O2. The van der Waals surface area contributed by atoms with Crippen LogP contribution in [0.2, 0.25) is 0 Å². The zero-order valence-corrected chi connectivity index (χ0v) is 8.64. The van der Waals surface area contributed by atoms with Crippen LogP contribution >= 0.6 is 12.4 Å². The van der Waals surface area contributed by atoms with Gasteiger partial charge in [-0.05, 0) is 32.9 Å². The molecule has 0 aromatic heterocycles. The van der Waals surface area contributed by atoms with Crippen LogP contribution in [0.15, 0.2) is 0 Å². The summed E-state index contributed by atoms with van der Waals surface area (Å²) in [6.45, 7) is 3.75. The first-order chi connectivity index (χ1) is 5.75. The van der Waals surface area contributed by atoms with Crippen LogP contribution in [0.1, 0.15) is 33.6 Å². The van der Waals surface area contributed by atoms with E-state index in [4.69, 9.17) is 5.21 Å². The van der Waals surface area contributed by atoms with E-state index in [-0.39, 0.29) is 31.8 Å². The molecule has 1 aliphatic heterocycles. The second-order valence-electron chi connectivity index (χ2n) is 3.25. The van der Waals surface area contributed by atoms with E-state index in [1.165, 1.54) is 6.42 Å². The highest BCUT2D eigenvalue weighted by molar-refractivity contribution is 5.85. The van der Waals surface area contributed by atoms with Crippen molar-refractivity contribution >= 4 is 18.3 Å². The number of hydroxylamine groups is 1. The Labute approximate surface area is 92.0 Å². The number of hydrogen-bond donors (Lipinski definition) is 2. The third-order valence-electron chi connectivity index (χ3n) is 2.43. The van der Waals surface area contributed by atoms with Gasteiger partial charge < -0.3 is 0 Å². The lowest BCUT2D eigenvalue weighted by molar-refractivity contribution is -0.134. The van der Waals surface area contributed by atoms with Crippen molar-refractivity contribution in [2.24, 2.45) is 0 Å². The molecule has 1 rings (SSSR count). The number of nitrogens with zero attached hydrogens (tertiary/aromatic N) is 1. The largest absolute Gasteiger partial charge is 0.292 e. The molecule has 1 heterocycles. The number of hydrogen-bond acceptors (Lipinski definition) is 3. The minimum absolute atomic E-state index is 0. The molecule has 1 saturated heterocycles. The van der Waals surface area contributed by atoms with Gasteiger partial charge in [0.2, 0.25) is 0 Å². The van der Waals surface area contributed by atoms with E-state index < -0.39 is 0 Å². The smallest absolute Gasteiger partial charge is 0.260 e. The molecule has 0 aromatic rings. The number of halogens is 1. The number of rotatable bonds is 2. The summed E-state index contributed by atoms with van der Waals surface area (Å²) in [4.78, 5) is 13.1. The number of carbonyl (C=O) groups excluding carboxylic acids is 1. The summed E-state index contributed by atoms with van der Waals surface area (Å²) in [5.41, 5.74) is 1.68. The Bertz CT molecular complexity index is 161. The fourth-order valence-corrected chi connectivity index (χ4v) is 1.56. The van der Waals surface area contributed by atoms with E-state index >= 15 is 0 Å². The maximum absolute atomic E-state index is 11.0. The quantitative estimate of drug-likeness (QED) is 0.551. The topological polar surface area (TPSA) is 52.6 Å². The van der Waals surface area contributed by atoms with Gasteiger partial charge in [0.25, 0.3) is 5.91 Å². The average Bonchev–Trinajstić information content (AvgIpc) is 2.17. The molecule has 5 heteroatoms. The lowest BCUT2D eigenvalue weighted by atomic mass is 10.1. The molecule has 0 radical (unpaired) electrons. The van der Waals surface area contributed by atoms with E-state index in [9.17, 15) is 4.79 Å². The monoisotopic (exact) mass is 224 g/mol. The molecule has 0 saturated carbocycles. The number of likely N-dealkylation sites (tertiary alicyclic amines) is 1. The molecule has 14 heavy (non-hydrogen) atoms. The summed E-state index contributed by atoms with van der Waals surface area (Å²) in [5.74, 6) is -0.308. The number of nitrogens with one attached hydrogen (secondary N) is 1. The molecule has 1 unspecified atom stereocenters. The van der Waals surface area contributed by atoms with Gasteiger partial charge in [-0.25, -0.2) is 5.48 Å². The zero-order chi connectivity index (χ0) is 8.97. The fraction of sp³-hybridized carbons (Fsp3) is 0.889. The van der Waals surface area contributed by atoms with Crippen LogP contribution < -0.4 is 5.48 Å². The van der Waals surface area contributed by atoms with Gasteiger partial charge >= 0.3 is 0 Å². The summed E-state index contributed by atoms with van der Waals surface area (Å²) >= 11 is 0. The van der Waals surface area contributed by atoms with E-state index in [1.807, 2.05) is 6.92 Å². The van der Waals surface area contributed by atoms with Crippen LogP contribution in [0.5, 0.6) is 0 Å². The molecule has 1 fully saturated rings. The third kappa shape index (κ3) is 4.26. The van der Waals surface area contributed by atoms with Gasteiger partial charge in [0.05, 0.1) is 6.04 Å². The highest BCUT2D eigenvalue weighted by Crippen LogP contribution is 2.11. The Hall–Kier alpha value is -0.320. The van der Waals surface area contributed by atoms with Gasteiger partial charge in [0.15, 0.2) is 0 Å². The van der Waals surface area contributed by atoms with Gasteiger partial charge in [-0.1, -0.05) is 13.8 Å². The Morgan fingerprint density at radius 1 is 1.36 bits per heavy atom. The molecule has 2 N–H and O–H groups in total. The lowest BCUT2D eigenvalue weighted by Crippen LogP contribution is -2.46. The maximum Gasteiger partial charge on any atom is 0.260 e. The predicted octanol–water partition coefficient (Wildman–Crippen LogP) is 1.42. The van der Waals surface area contributed by atoms with Gasteiger partial charge in [0, 0.05) is 0 Å². The standard InChI is InChI=1S/C8H16N2O2.CH4.ClH/c1-7(8(11)9-12)10-5-3-2-4-6-10;;/h7,12H,2-6H2,1H3,(H,9,11);1H4;1H. The summed E-state index contributed by atoms with van der Waals surface area (Å²) in [7, 11) is 0. The van der Waals surface area contributed by atoms with E-state index in [0.717, 1.165) is 25.9 Å². The first-order valence-electron chi connectivity index (χ1n) is 4.43. The third-order valence-corrected chi connectivity index (χ3v) is 2.43. The molecule has 86 valence electrons. The molecule has 0 bridgehead atoms. The molecule has 4 nitrogen and oxygen atoms in total. The number of piperidine rings is 1. The maximum atomic E-state index is 11.0. The Balaban J connectivity index is 0. The summed E-state index contributed by atoms with van der Waals surface area (Å²) in [6.07, 6.45) is 3.57.